The number of nitrogens with zero attached hydrogens (tertiary/aromatic N) is 3. The Hall–Kier alpha value is -1.18. The molecule has 0 saturated carbocycles. The van der Waals surface area contributed by atoms with Gasteiger partial charge in [-0.05, 0) is 35.4 Å². The Balaban J connectivity index is 2.17. The molecule has 0 aliphatic heterocycles. The van der Waals surface area contributed by atoms with Crippen molar-refractivity contribution in [3.63, 3.8) is 0 Å². The van der Waals surface area contributed by atoms with E-state index in [1.54, 1.807) is 6.07 Å². The van der Waals surface area contributed by atoms with Gasteiger partial charge >= 0.3 is 0 Å². The summed E-state index contributed by atoms with van der Waals surface area (Å²) in [6, 6.07) is 5.57. The van der Waals surface area contributed by atoms with Crippen molar-refractivity contribution in [1.29, 1.82) is 0 Å². The number of rotatable bonds is 3. The molecule has 0 saturated heterocycles. The molecule has 0 aromatic carbocycles. The summed E-state index contributed by atoms with van der Waals surface area (Å²) in [4.78, 5) is 8.28. The number of anilines is 1. The van der Waals surface area contributed by atoms with Crippen molar-refractivity contribution in [3.05, 3.63) is 24.5 Å². The second-order valence-electron chi connectivity index (χ2n) is 2.31. The Morgan fingerprint density at radius 3 is 3.07 bits per heavy atom. The van der Waals surface area contributed by atoms with Crippen molar-refractivity contribution in [1.82, 2.24) is 14.3 Å². The topological polar surface area (TPSA) is 76.7 Å². The van der Waals surface area contributed by atoms with Gasteiger partial charge in [0.15, 0.2) is 4.34 Å². The first-order valence-corrected chi connectivity index (χ1v) is 5.35. The quantitative estimate of drug-likeness (QED) is 0.607. The maximum Gasteiger partial charge on any atom is 0.175 e. The molecule has 0 bridgehead atoms. The van der Waals surface area contributed by atoms with E-state index in [-0.39, 0.29) is 0 Å². The monoisotopic (exact) mass is 225 g/mol. The van der Waals surface area contributed by atoms with Gasteiger partial charge in [0.2, 0.25) is 0 Å². The molecule has 0 aliphatic rings. The average Bonchev–Trinajstić information content (AvgIpc) is 2.71. The summed E-state index contributed by atoms with van der Waals surface area (Å²) in [6.45, 7) is 0. The molecule has 72 valence electrons. The van der Waals surface area contributed by atoms with Gasteiger partial charge in [-0.15, -0.1) is 0 Å². The fourth-order valence-electron chi connectivity index (χ4n) is 0.849. The van der Waals surface area contributed by atoms with Gasteiger partial charge in [-0.25, -0.2) is 15.8 Å². The lowest BCUT2D eigenvalue weighted by Gasteiger charge is -2.00. The van der Waals surface area contributed by atoms with Gasteiger partial charge in [-0.1, -0.05) is 6.07 Å². The lowest BCUT2D eigenvalue weighted by molar-refractivity contribution is 1.10. The van der Waals surface area contributed by atoms with Crippen molar-refractivity contribution in [2.45, 2.75) is 9.37 Å². The number of hydrazine groups is 1. The molecule has 14 heavy (non-hydrogen) atoms. The molecule has 5 nitrogen and oxygen atoms in total. The predicted molar refractivity (Wildman–Crippen MR) is 56.1 cm³/mol. The highest BCUT2D eigenvalue weighted by molar-refractivity contribution is 8.00. The van der Waals surface area contributed by atoms with Gasteiger partial charge in [0.05, 0.1) is 0 Å². The molecule has 0 amide bonds. The molecular weight excluding hydrogens is 218 g/mol. The minimum Gasteiger partial charge on any atom is -0.308 e. The summed E-state index contributed by atoms with van der Waals surface area (Å²) in [5, 5.41) is 0.845. The Morgan fingerprint density at radius 1 is 1.43 bits per heavy atom. The van der Waals surface area contributed by atoms with E-state index in [0.717, 1.165) is 9.37 Å². The highest BCUT2D eigenvalue weighted by atomic mass is 32.2. The van der Waals surface area contributed by atoms with Crippen molar-refractivity contribution in [3.8, 4) is 0 Å². The molecule has 2 aromatic heterocycles. The van der Waals surface area contributed by atoms with Crippen LogP contribution in [0.4, 0.5) is 5.82 Å². The van der Waals surface area contributed by atoms with E-state index in [0.29, 0.717) is 5.82 Å². The molecule has 2 aromatic rings. The maximum absolute atomic E-state index is 5.24. The number of nitrogen functional groups attached to an aromatic ring is 1. The summed E-state index contributed by atoms with van der Waals surface area (Å²) >= 11 is 2.80. The second-order valence-corrected chi connectivity index (χ2v) is 4.36. The average molecular weight is 225 g/mol. The second kappa shape index (κ2) is 4.36. The predicted octanol–water partition coefficient (Wildman–Crippen LogP) is 1.37. The Bertz CT molecular complexity index is 402. The molecular formula is C7H7N5S2. The normalized spacial score (nSPS) is 10.1. The molecule has 0 unspecified atom stereocenters. The van der Waals surface area contributed by atoms with E-state index < -0.39 is 0 Å². The summed E-state index contributed by atoms with van der Waals surface area (Å²) in [6.07, 6.45) is 1.53. The fourth-order valence-corrected chi connectivity index (χ4v) is 2.23. The van der Waals surface area contributed by atoms with Crippen LogP contribution in [0, 0.1) is 0 Å². The third kappa shape index (κ3) is 2.19. The first kappa shape index (κ1) is 9.38. The Morgan fingerprint density at radius 2 is 2.36 bits per heavy atom. The lowest BCUT2D eigenvalue weighted by Crippen LogP contribution is -2.08. The molecule has 7 heteroatoms. The first-order chi connectivity index (χ1) is 6.88. The van der Waals surface area contributed by atoms with E-state index in [1.165, 1.54) is 29.6 Å². The number of nitrogens with one attached hydrogen (secondary N) is 1. The largest absolute Gasteiger partial charge is 0.308 e. The van der Waals surface area contributed by atoms with Crippen LogP contribution in [0.15, 0.2) is 33.9 Å². The summed E-state index contributed by atoms with van der Waals surface area (Å²) in [5.74, 6) is 5.88. The maximum atomic E-state index is 5.24. The van der Waals surface area contributed by atoms with Crippen LogP contribution in [0.25, 0.3) is 0 Å². The fraction of sp³-hybridized carbons (Fsp3) is 0. The van der Waals surface area contributed by atoms with Gasteiger partial charge in [0, 0.05) is 0 Å². The van der Waals surface area contributed by atoms with Crippen LogP contribution in [-0.2, 0) is 0 Å². The van der Waals surface area contributed by atoms with Gasteiger partial charge in [0.25, 0.3) is 0 Å². The van der Waals surface area contributed by atoms with Gasteiger partial charge in [-0.3, -0.25) is 0 Å². The highest BCUT2D eigenvalue weighted by Crippen LogP contribution is 2.26. The van der Waals surface area contributed by atoms with Crippen molar-refractivity contribution in [2.24, 2.45) is 5.84 Å². The van der Waals surface area contributed by atoms with E-state index in [9.17, 15) is 0 Å². The lowest BCUT2D eigenvalue weighted by atomic mass is 10.5. The van der Waals surface area contributed by atoms with E-state index >= 15 is 0 Å². The standard InChI is InChI=1S/C7H7N5S2/c8-12-5-2-1-3-6(11-5)13-7-9-4-10-14-7/h1-4H,8H2,(H,11,12). The zero-order valence-electron chi connectivity index (χ0n) is 7.04. The van der Waals surface area contributed by atoms with Crippen molar-refractivity contribution >= 4 is 29.1 Å². The summed E-state index contributed by atoms with van der Waals surface area (Å²) in [7, 11) is 0. The summed E-state index contributed by atoms with van der Waals surface area (Å²) < 4.78 is 4.77. The third-order valence-corrected chi connectivity index (χ3v) is 3.06. The molecule has 2 heterocycles. The van der Waals surface area contributed by atoms with Crippen molar-refractivity contribution in [2.75, 3.05) is 5.43 Å². The molecule has 3 N–H and O–H groups in total. The number of pyridine rings is 1. The number of hydrogen-bond donors (Lipinski definition) is 2. The van der Waals surface area contributed by atoms with Crippen LogP contribution >= 0.6 is 23.3 Å². The minimum absolute atomic E-state index is 0.638. The molecule has 0 spiro atoms. The zero-order valence-corrected chi connectivity index (χ0v) is 8.68. The van der Waals surface area contributed by atoms with Crippen LogP contribution in [0.1, 0.15) is 0 Å². The van der Waals surface area contributed by atoms with Crippen molar-refractivity contribution < 1.29 is 0 Å². The Kier molecular flexibility index (Phi) is 2.92. The summed E-state index contributed by atoms with van der Waals surface area (Å²) in [5.41, 5.74) is 2.49. The molecule has 0 aliphatic carbocycles. The van der Waals surface area contributed by atoms with Crippen LogP contribution in [-0.4, -0.2) is 14.3 Å². The molecule has 0 fully saturated rings. The molecule has 2 rings (SSSR count). The highest BCUT2D eigenvalue weighted by Gasteiger charge is 2.02. The minimum atomic E-state index is 0.638. The van der Waals surface area contributed by atoms with E-state index in [1.807, 2.05) is 12.1 Å². The number of aromatic nitrogens is 3. The Labute approximate surface area is 88.9 Å². The van der Waals surface area contributed by atoms with Crippen LogP contribution in [0.5, 0.6) is 0 Å². The molecule has 0 radical (unpaired) electrons. The van der Waals surface area contributed by atoms with Gasteiger partial charge in [-0.2, -0.15) is 4.37 Å². The zero-order chi connectivity index (χ0) is 9.80. The SMILES string of the molecule is NNc1cccc(Sc2ncns2)n1. The third-order valence-electron chi connectivity index (χ3n) is 1.40. The first-order valence-electron chi connectivity index (χ1n) is 3.76. The van der Waals surface area contributed by atoms with E-state index in [4.69, 9.17) is 5.84 Å². The van der Waals surface area contributed by atoms with Gasteiger partial charge in [0.1, 0.15) is 17.2 Å². The smallest absolute Gasteiger partial charge is 0.175 e. The van der Waals surface area contributed by atoms with Gasteiger partial charge < -0.3 is 5.43 Å². The van der Waals surface area contributed by atoms with Crippen LogP contribution < -0.4 is 11.3 Å². The van der Waals surface area contributed by atoms with Crippen LogP contribution in [0.3, 0.4) is 0 Å². The number of hydrogen-bond acceptors (Lipinski definition) is 7. The number of nitrogens with two attached hydrogens (primary N) is 1. The van der Waals surface area contributed by atoms with Crippen LogP contribution in [0.2, 0.25) is 0 Å². The van der Waals surface area contributed by atoms with E-state index in [2.05, 4.69) is 19.8 Å². The molecule has 0 atom stereocenters.